The molecule has 0 radical (unpaired) electrons. The normalized spacial score (nSPS) is 23.5. The molecular formula is C26H34N6O6S. The zero-order valence-electron chi connectivity index (χ0n) is 22.8. The van der Waals surface area contributed by atoms with Crippen molar-refractivity contribution in [2.24, 2.45) is 11.8 Å². The lowest BCUT2D eigenvalue weighted by Gasteiger charge is -2.61. The zero-order valence-corrected chi connectivity index (χ0v) is 23.6. The molecule has 3 aliphatic carbocycles. The second kappa shape index (κ2) is 10.4. The van der Waals surface area contributed by atoms with Crippen LogP contribution in [0.2, 0.25) is 0 Å². The number of sulfonamides is 1. The van der Waals surface area contributed by atoms with Gasteiger partial charge in [0.15, 0.2) is 5.82 Å². The van der Waals surface area contributed by atoms with E-state index in [1.54, 1.807) is 42.1 Å². The number of nitrogens with one attached hydrogen (secondary N) is 1. The lowest BCUT2D eigenvalue weighted by Crippen LogP contribution is -2.62. The van der Waals surface area contributed by atoms with E-state index in [9.17, 15) is 13.5 Å². The molecule has 2 heterocycles. The molecule has 3 aromatic rings. The molecule has 0 saturated heterocycles. The Labute approximate surface area is 227 Å². The number of anilines is 1. The van der Waals surface area contributed by atoms with Crippen molar-refractivity contribution in [3.8, 4) is 17.2 Å². The Bertz CT molecular complexity index is 1410. The third kappa shape index (κ3) is 4.72. The average molecular weight is 559 g/mol. The van der Waals surface area contributed by atoms with Crippen molar-refractivity contribution >= 4 is 16.0 Å². The molecule has 210 valence electrons. The van der Waals surface area contributed by atoms with Crippen LogP contribution in [-0.2, 0) is 14.8 Å². The predicted octanol–water partition coefficient (Wildman–Crippen LogP) is 2.77. The molecule has 3 fully saturated rings. The molecular weight excluding hydrogens is 524 g/mol. The number of methoxy groups -OCH3 is 2. The van der Waals surface area contributed by atoms with Crippen molar-refractivity contribution in [1.29, 1.82) is 0 Å². The fourth-order valence-electron chi connectivity index (χ4n) is 5.25. The molecule has 0 aliphatic heterocycles. The fraction of sp³-hybridized carbons (Fsp3) is 0.538. The van der Waals surface area contributed by atoms with Crippen LogP contribution in [0.1, 0.15) is 56.4 Å². The molecule has 13 heteroatoms. The van der Waals surface area contributed by atoms with Gasteiger partial charge < -0.3 is 19.3 Å². The minimum atomic E-state index is -4.11. The molecule has 0 amide bonds. The van der Waals surface area contributed by atoms with E-state index >= 15 is 0 Å². The maximum absolute atomic E-state index is 13.8. The quantitative estimate of drug-likeness (QED) is 0.359. The van der Waals surface area contributed by atoms with Crippen LogP contribution in [0.25, 0.3) is 5.69 Å². The van der Waals surface area contributed by atoms with E-state index in [0.717, 1.165) is 12.0 Å². The van der Waals surface area contributed by atoms with E-state index in [-0.39, 0.29) is 41.7 Å². The molecule has 6 rings (SSSR count). The summed E-state index contributed by atoms with van der Waals surface area (Å²) in [7, 11) is -1.07. The number of ether oxygens (including phenoxy) is 3. The van der Waals surface area contributed by atoms with Gasteiger partial charge >= 0.3 is 0 Å². The molecule has 3 saturated carbocycles. The Hall–Kier alpha value is -3.29. The Morgan fingerprint density at radius 2 is 1.67 bits per heavy atom. The van der Waals surface area contributed by atoms with E-state index < -0.39 is 21.4 Å². The van der Waals surface area contributed by atoms with Gasteiger partial charge in [0.05, 0.1) is 26.4 Å². The average Bonchev–Trinajstić information content (AvgIpc) is 3.26. The SMILES string of the molecule is COc1cccc(OC)c1-n1c(NS(=O)(=O)[C@@H](C)[C@@H](OC(C)C)c2ncc(C)cn2)nnc1[C@H]1C2CC1[C@@H]2O. The summed E-state index contributed by atoms with van der Waals surface area (Å²) in [6.07, 6.45) is 2.55. The van der Waals surface area contributed by atoms with Crippen molar-refractivity contribution in [3.63, 3.8) is 0 Å². The summed E-state index contributed by atoms with van der Waals surface area (Å²) in [4.78, 5) is 8.66. The maximum atomic E-state index is 13.8. The maximum Gasteiger partial charge on any atom is 0.243 e. The number of hydrogen-bond donors (Lipinski definition) is 2. The van der Waals surface area contributed by atoms with Crippen LogP contribution >= 0.6 is 0 Å². The van der Waals surface area contributed by atoms with Gasteiger partial charge in [0.1, 0.15) is 34.4 Å². The smallest absolute Gasteiger partial charge is 0.243 e. The lowest BCUT2D eigenvalue weighted by molar-refractivity contribution is -0.178. The molecule has 2 bridgehead atoms. The standard InChI is InChI=1S/C26H34N6O6S/c1-13(2)38-23(24-27-11-14(3)12-28-24)15(4)39(34,35)31-26-30-29-25(20-16-10-17(20)22(16)33)32(26)21-18(36-5)8-7-9-19(21)37-6/h7-9,11-13,15-17,20,22-23,33H,10H2,1-6H3,(H,30,31)/t15-,16?,17?,20-,22+,23+/m0/s1. The van der Waals surface area contributed by atoms with Crippen LogP contribution in [0.5, 0.6) is 11.5 Å². The van der Waals surface area contributed by atoms with Crippen molar-refractivity contribution in [3.05, 3.63) is 47.8 Å². The van der Waals surface area contributed by atoms with E-state index in [1.807, 2.05) is 20.8 Å². The molecule has 2 unspecified atom stereocenters. The summed E-state index contributed by atoms with van der Waals surface area (Å²) in [5, 5.41) is 17.8. The van der Waals surface area contributed by atoms with Gasteiger partial charge in [-0.15, -0.1) is 10.2 Å². The van der Waals surface area contributed by atoms with E-state index in [0.29, 0.717) is 23.0 Å². The second-order valence-electron chi connectivity index (χ2n) is 10.4. The lowest BCUT2D eigenvalue weighted by atomic mass is 9.45. The van der Waals surface area contributed by atoms with E-state index in [2.05, 4.69) is 24.9 Å². The monoisotopic (exact) mass is 558 g/mol. The summed E-state index contributed by atoms with van der Waals surface area (Å²) in [5.41, 5.74) is 1.31. The van der Waals surface area contributed by atoms with E-state index in [4.69, 9.17) is 14.2 Å². The van der Waals surface area contributed by atoms with Crippen LogP contribution in [0.4, 0.5) is 5.95 Å². The molecule has 12 nitrogen and oxygen atoms in total. The Morgan fingerprint density at radius 3 is 2.18 bits per heavy atom. The van der Waals surface area contributed by atoms with Gasteiger partial charge in [0.2, 0.25) is 16.0 Å². The molecule has 39 heavy (non-hydrogen) atoms. The number of rotatable bonds is 11. The van der Waals surface area contributed by atoms with Gasteiger partial charge in [-0.25, -0.2) is 18.4 Å². The first-order valence-corrected chi connectivity index (χ1v) is 14.4. The highest BCUT2D eigenvalue weighted by atomic mass is 32.2. The molecule has 3 aliphatic rings. The summed E-state index contributed by atoms with van der Waals surface area (Å²) in [6.45, 7) is 7.04. The number of para-hydroxylation sites is 1. The first-order valence-electron chi connectivity index (χ1n) is 12.9. The van der Waals surface area contributed by atoms with Gasteiger partial charge in [-0.05, 0) is 63.6 Å². The number of aryl methyl sites for hydroxylation is 1. The molecule has 2 aromatic heterocycles. The van der Waals surface area contributed by atoms with Gasteiger partial charge in [-0.1, -0.05) is 6.07 Å². The highest BCUT2D eigenvalue weighted by Crippen LogP contribution is 2.63. The Kier molecular flexibility index (Phi) is 7.25. The van der Waals surface area contributed by atoms with Crippen LogP contribution in [-0.4, -0.2) is 69.9 Å². The minimum Gasteiger partial charge on any atom is -0.494 e. The number of aliphatic hydroxyl groups excluding tert-OH is 1. The van der Waals surface area contributed by atoms with Gasteiger partial charge in [-0.3, -0.25) is 9.29 Å². The van der Waals surface area contributed by atoms with Crippen LogP contribution in [0, 0.1) is 18.8 Å². The van der Waals surface area contributed by atoms with Crippen molar-refractivity contribution in [2.75, 3.05) is 18.9 Å². The van der Waals surface area contributed by atoms with Gasteiger partial charge in [0, 0.05) is 18.3 Å². The Balaban J connectivity index is 1.56. The molecule has 1 aromatic carbocycles. The first-order chi connectivity index (χ1) is 18.6. The Morgan fingerprint density at radius 1 is 1.05 bits per heavy atom. The molecule has 0 spiro atoms. The number of benzene rings is 1. The number of hydrogen-bond acceptors (Lipinski definition) is 10. The summed E-state index contributed by atoms with van der Waals surface area (Å²) in [6, 6.07) is 5.28. The molecule has 4 atom stereocenters. The minimum absolute atomic E-state index is 0.0199. The highest BCUT2D eigenvalue weighted by Gasteiger charge is 2.63. The largest absolute Gasteiger partial charge is 0.494 e. The first kappa shape index (κ1) is 27.3. The zero-order chi connectivity index (χ0) is 28.1. The predicted molar refractivity (Wildman–Crippen MR) is 143 cm³/mol. The fourth-order valence-corrected chi connectivity index (χ4v) is 6.33. The summed E-state index contributed by atoms with van der Waals surface area (Å²) < 4.78 is 49.1. The third-order valence-corrected chi connectivity index (χ3v) is 9.27. The van der Waals surface area contributed by atoms with Crippen LogP contribution in [0.3, 0.4) is 0 Å². The number of nitrogens with zero attached hydrogens (tertiary/aromatic N) is 5. The number of aliphatic hydroxyl groups is 1. The van der Waals surface area contributed by atoms with Crippen molar-refractivity contribution in [2.45, 2.75) is 63.6 Å². The van der Waals surface area contributed by atoms with Crippen molar-refractivity contribution in [1.82, 2.24) is 24.7 Å². The summed E-state index contributed by atoms with van der Waals surface area (Å²) >= 11 is 0. The number of aromatic nitrogens is 5. The van der Waals surface area contributed by atoms with Gasteiger partial charge in [0.25, 0.3) is 0 Å². The second-order valence-corrected chi connectivity index (χ2v) is 12.4. The third-order valence-electron chi connectivity index (χ3n) is 7.58. The van der Waals surface area contributed by atoms with Crippen LogP contribution < -0.4 is 14.2 Å². The topological polar surface area (TPSA) is 151 Å². The molecule has 2 N–H and O–H groups in total. The van der Waals surface area contributed by atoms with E-state index in [1.165, 1.54) is 14.2 Å². The van der Waals surface area contributed by atoms with Crippen LogP contribution in [0.15, 0.2) is 30.6 Å². The van der Waals surface area contributed by atoms with Gasteiger partial charge in [-0.2, -0.15) is 0 Å². The highest BCUT2D eigenvalue weighted by molar-refractivity contribution is 7.93. The summed E-state index contributed by atoms with van der Waals surface area (Å²) in [5.74, 6) is 1.72. The van der Waals surface area contributed by atoms with Crippen molar-refractivity contribution < 1.29 is 27.7 Å².